The fourth-order valence-corrected chi connectivity index (χ4v) is 4.39. The smallest absolute Gasteiger partial charge is 0.0601 e. The lowest BCUT2D eigenvalue weighted by Crippen LogP contribution is -2.38. The summed E-state index contributed by atoms with van der Waals surface area (Å²) in [5.41, 5.74) is 6.59. The van der Waals surface area contributed by atoms with Crippen molar-refractivity contribution in [2.24, 2.45) is 11.1 Å². The van der Waals surface area contributed by atoms with Crippen LogP contribution in [0.5, 0.6) is 0 Å². The molecule has 0 aromatic carbocycles. The number of nitrogens with two attached hydrogens (primary N) is 1. The molecule has 0 radical (unpaired) electrons. The number of thiophene rings is 1. The van der Waals surface area contributed by atoms with Gasteiger partial charge in [-0.2, -0.15) is 0 Å². The van der Waals surface area contributed by atoms with Crippen molar-refractivity contribution < 1.29 is 0 Å². The summed E-state index contributed by atoms with van der Waals surface area (Å²) in [7, 11) is 0. The van der Waals surface area contributed by atoms with Gasteiger partial charge in [0.05, 0.1) is 4.21 Å². The van der Waals surface area contributed by atoms with Crippen molar-refractivity contribution in [2.45, 2.75) is 42.2 Å². The maximum Gasteiger partial charge on any atom is 0.0601 e. The molecule has 1 aliphatic carbocycles. The molecule has 1 fully saturated rings. The molecule has 2 N–H and O–H groups in total. The van der Waals surface area contributed by atoms with E-state index in [1.165, 1.54) is 17.1 Å². The van der Waals surface area contributed by atoms with E-state index < -0.39 is 0 Å². The van der Waals surface area contributed by atoms with Crippen molar-refractivity contribution in [1.82, 2.24) is 0 Å². The van der Waals surface area contributed by atoms with Crippen LogP contribution in [0, 0.1) is 5.41 Å². The Morgan fingerprint density at radius 2 is 2.36 bits per heavy atom. The molecule has 2 atom stereocenters. The van der Waals surface area contributed by atoms with Crippen LogP contribution < -0.4 is 5.73 Å². The van der Waals surface area contributed by atoms with E-state index in [4.69, 9.17) is 5.73 Å². The van der Waals surface area contributed by atoms with Crippen molar-refractivity contribution >= 4 is 23.1 Å². The van der Waals surface area contributed by atoms with E-state index in [9.17, 15) is 0 Å². The summed E-state index contributed by atoms with van der Waals surface area (Å²) < 4.78 is 1.41. The molecule has 3 heteroatoms. The fraction of sp³-hybridized carbons (Fsp3) is 0.636. The van der Waals surface area contributed by atoms with E-state index in [2.05, 4.69) is 31.4 Å². The topological polar surface area (TPSA) is 26.0 Å². The third-order valence-corrected chi connectivity index (χ3v) is 5.58. The van der Waals surface area contributed by atoms with Crippen LogP contribution in [0.25, 0.3) is 0 Å². The van der Waals surface area contributed by atoms with Gasteiger partial charge in [-0.15, -0.1) is 23.1 Å². The first-order valence-electron chi connectivity index (χ1n) is 5.05. The molecule has 1 heterocycles. The Hall–Kier alpha value is 0.01000. The highest BCUT2D eigenvalue weighted by molar-refractivity contribution is 8.01. The molecule has 2 rings (SSSR count). The zero-order chi connectivity index (χ0) is 10.2. The summed E-state index contributed by atoms with van der Waals surface area (Å²) in [5, 5.41) is 2.75. The van der Waals surface area contributed by atoms with Gasteiger partial charge in [-0.25, -0.2) is 0 Å². The minimum atomic E-state index is 0.328. The quantitative estimate of drug-likeness (QED) is 0.838. The molecule has 0 amide bonds. The Morgan fingerprint density at radius 1 is 1.57 bits per heavy atom. The van der Waals surface area contributed by atoms with E-state index in [0.29, 0.717) is 16.7 Å². The molecular formula is C11H17NS2. The van der Waals surface area contributed by atoms with Crippen molar-refractivity contribution in [3.8, 4) is 0 Å². The molecule has 0 aliphatic heterocycles. The Kier molecular flexibility index (Phi) is 2.91. The predicted molar refractivity (Wildman–Crippen MR) is 65.0 cm³/mol. The van der Waals surface area contributed by atoms with Gasteiger partial charge < -0.3 is 5.73 Å². The van der Waals surface area contributed by atoms with E-state index in [1.54, 1.807) is 0 Å². The zero-order valence-corrected chi connectivity index (χ0v) is 10.3. The minimum Gasteiger partial charge on any atom is -0.326 e. The van der Waals surface area contributed by atoms with Crippen LogP contribution >= 0.6 is 23.1 Å². The second kappa shape index (κ2) is 3.87. The molecule has 0 saturated heterocycles. The van der Waals surface area contributed by atoms with Gasteiger partial charge in [0, 0.05) is 11.3 Å². The first kappa shape index (κ1) is 10.5. The van der Waals surface area contributed by atoms with Crippen LogP contribution in [0.4, 0.5) is 0 Å². The normalized spacial score (nSPS) is 30.8. The van der Waals surface area contributed by atoms with Gasteiger partial charge in [-0.3, -0.25) is 0 Å². The van der Waals surface area contributed by atoms with Gasteiger partial charge in [0.2, 0.25) is 0 Å². The van der Waals surface area contributed by atoms with Crippen LogP contribution in [-0.4, -0.2) is 11.3 Å². The SMILES string of the molecule is CC1(C)CCC(Sc2cccs2)C1N. The van der Waals surface area contributed by atoms with Crippen LogP contribution in [0.1, 0.15) is 26.7 Å². The van der Waals surface area contributed by atoms with Crippen LogP contribution in [0.3, 0.4) is 0 Å². The summed E-state index contributed by atoms with van der Waals surface area (Å²) in [4.78, 5) is 0. The molecule has 78 valence electrons. The Labute approximate surface area is 94.1 Å². The molecule has 1 nitrogen and oxygen atoms in total. The molecule has 14 heavy (non-hydrogen) atoms. The largest absolute Gasteiger partial charge is 0.326 e. The highest BCUT2D eigenvalue weighted by Crippen LogP contribution is 2.44. The lowest BCUT2D eigenvalue weighted by Gasteiger charge is -2.26. The number of thioether (sulfide) groups is 1. The average molecular weight is 227 g/mol. The van der Waals surface area contributed by atoms with Crippen molar-refractivity contribution in [3.63, 3.8) is 0 Å². The molecule has 1 saturated carbocycles. The summed E-state index contributed by atoms with van der Waals surface area (Å²) in [6, 6.07) is 4.64. The van der Waals surface area contributed by atoms with Gasteiger partial charge in [0.1, 0.15) is 0 Å². The van der Waals surface area contributed by atoms with Crippen molar-refractivity contribution in [2.75, 3.05) is 0 Å². The molecular weight excluding hydrogens is 210 g/mol. The third-order valence-electron chi connectivity index (χ3n) is 3.14. The maximum absolute atomic E-state index is 6.26. The number of hydrogen-bond donors (Lipinski definition) is 1. The predicted octanol–water partition coefficient (Wildman–Crippen LogP) is 3.36. The van der Waals surface area contributed by atoms with Crippen molar-refractivity contribution in [3.05, 3.63) is 17.5 Å². The monoisotopic (exact) mass is 227 g/mol. The first-order chi connectivity index (χ1) is 6.59. The van der Waals surface area contributed by atoms with E-state index in [0.717, 1.165) is 0 Å². The average Bonchev–Trinajstić information content (AvgIpc) is 2.70. The first-order valence-corrected chi connectivity index (χ1v) is 6.81. The van der Waals surface area contributed by atoms with Crippen LogP contribution in [0.15, 0.2) is 21.7 Å². The number of hydrogen-bond acceptors (Lipinski definition) is 3. The van der Waals surface area contributed by atoms with Gasteiger partial charge in [-0.05, 0) is 29.7 Å². The minimum absolute atomic E-state index is 0.328. The van der Waals surface area contributed by atoms with Gasteiger partial charge in [0.15, 0.2) is 0 Å². The molecule has 1 aromatic heterocycles. The summed E-state index contributed by atoms with van der Waals surface area (Å²) in [6.07, 6.45) is 2.52. The standard InChI is InChI=1S/C11H17NS2/c1-11(2)6-5-8(10(11)12)14-9-4-3-7-13-9/h3-4,7-8,10H,5-6,12H2,1-2H3. The Balaban J connectivity index is 2.01. The van der Waals surface area contributed by atoms with Crippen LogP contribution in [0.2, 0.25) is 0 Å². The molecule has 1 aromatic rings. The number of rotatable bonds is 2. The highest BCUT2D eigenvalue weighted by atomic mass is 32.2. The zero-order valence-electron chi connectivity index (χ0n) is 8.69. The van der Waals surface area contributed by atoms with Gasteiger partial charge >= 0.3 is 0 Å². The molecule has 2 unspecified atom stereocenters. The second-order valence-electron chi connectivity index (χ2n) is 4.64. The third kappa shape index (κ3) is 2.00. The summed E-state index contributed by atoms with van der Waals surface area (Å²) in [6.45, 7) is 4.57. The van der Waals surface area contributed by atoms with Gasteiger partial charge in [0.25, 0.3) is 0 Å². The molecule has 1 aliphatic rings. The van der Waals surface area contributed by atoms with Gasteiger partial charge in [-0.1, -0.05) is 19.9 Å². The second-order valence-corrected chi connectivity index (χ2v) is 7.13. The highest BCUT2D eigenvalue weighted by Gasteiger charge is 2.39. The van der Waals surface area contributed by atoms with Crippen LogP contribution in [-0.2, 0) is 0 Å². The maximum atomic E-state index is 6.26. The van der Waals surface area contributed by atoms with E-state index >= 15 is 0 Å². The summed E-state index contributed by atoms with van der Waals surface area (Å²) in [5.74, 6) is 0. The molecule has 0 bridgehead atoms. The summed E-state index contributed by atoms with van der Waals surface area (Å²) >= 11 is 3.78. The Bertz CT molecular complexity index is 292. The van der Waals surface area contributed by atoms with Crippen molar-refractivity contribution in [1.29, 1.82) is 0 Å². The fourth-order valence-electron chi connectivity index (χ4n) is 1.98. The lowest BCUT2D eigenvalue weighted by molar-refractivity contribution is 0.334. The van der Waals surface area contributed by atoms with E-state index in [-0.39, 0.29) is 0 Å². The molecule has 0 spiro atoms. The van der Waals surface area contributed by atoms with E-state index in [1.807, 2.05) is 23.1 Å². The lowest BCUT2D eigenvalue weighted by atomic mass is 9.88. The Morgan fingerprint density at radius 3 is 2.86 bits per heavy atom.